The Morgan fingerprint density at radius 1 is 0.960 bits per heavy atom. The molecule has 6 nitrogen and oxygen atoms in total. The number of amides is 3. The standard InChI is InChI=1S/C18H18BrN3O3/c1-12(23)20-16(13-7-3-2-4-8-13)11-17(24)21-22-18(25)14-9-5-6-10-15(14)19/h2-10,16H,11H2,1H3,(H,20,23)(H,21,24)(H,22,25)/t16-/m1/s1. The maximum Gasteiger partial charge on any atom is 0.270 e. The van der Waals surface area contributed by atoms with Crippen molar-refractivity contribution in [1.29, 1.82) is 0 Å². The van der Waals surface area contributed by atoms with Crippen molar-refractivity contribution in [1.82, 2.24) is 16.2 Å². The van der Waals surface area contributed by atoms with E-state index in [2.05, 4.69) is 32.1 Å². The van der Waals surface area contributed by atoms with Gasteiger partial charge in [0.15, 0.2) is 0 Å². The van der Waals surface area contributed by atoms with Crippen LogP contribution in [0.15, 0.2) is 59.1 Å². The van der Waals surface area contributed by atoms with E-state index in [9.17, 15) is 14.4 Å². The highest BCUT2D eigenvalue weighted by Crippen LogP contribution is 2.17. The normalized spacial score (nSPS) is 11.3. The van der Waals surface area contributed by atoms with E-state index in [4.69, 9.17) is 0 Å². The van der Waals surface area contributed by atoms with Crippen LogP contribution in [0.1, 0.15) is 35.3 Å². The van der Waals surface area contributed by atoms with Crippen LogP contribution in [-0.4, -0.2) is 17.7 Å². The Morgan fingerprint density at radius 3 is 2.24 bits per heavy atom. The van der Waals surface area contributed by atoms with Crippen LogP contribution < -0.4 is 16.2 Å². The van der Waals surface area contributed by atoms with Gasteiger partial charge in [0.25, 0.3) is 5.91 Å². The fraction of sp³-hybridized carbons (Fsp3) is 0.167. The summed E-state index contributed by atoms with van der Waals surface area (Å²) in [7, 11) is 0. The summed E-state index contributed by atoms with van der Waals surface area (Å²) in [6.45, 7) is 1.39. The molecule has 0 heterocycles. The molecule has 0 fully saturated rings. The summed E-state index contributed by atoms with van der Waals surface area (Å²) in [6.07, 6.45) is -0.000166. The van der Waals surface area contributed by atoms with E-state index >= 15 is 0 Å². The fourth-order valence-electron chi connectivity index (χ4n) is 2.26. The Hall–Kier alpha value is -2.67. The summed E-state index contributed by atoms with van der Waals surface area (Å²) in [6, 6.07) is 15.6. The first-order valence-corrected chi connectivity index (χ1v) is 8.42. The van der Waals surface area contributed by atoms with Gasteiger partial charge in [0.1, 0.15) is 0 Å². The molecule has 0 radical (unpaired) electrons. The second-order valence-electron chi connectivity index (χ2n) is 5.35. The van der Waals surface area contributed by atoms with Crippen molar-refractivity contribution in [3.05, 3.63) is 70.2 Å². The minimum absolute atomic E-state index is 0.000166. The largest absolute Gasteiger partial charge is 0.349 e. The first kappa shape index (κ1) is 18.7. The lowest BCUT2D eigenvalue weighted by Gasteiger charge is -2.18. The van der Waals surface area contributed by atoms with Crippen LogP contribution in [0.25, 0.3) is 0 Å². The predicted octanol–water partition coefficient (Wildman–Crippen LogP) is 2.48. The molecule has 130 valence electrons. The summed E-state index contributed by atoms with van der Waals surface area (Å²) in [5, 5.41) is 2.74. The molecule has 3 amide bonds. The smallest absolute Gasteiger partial charge is 0.270 e. The molecule has 0 aliphatic heterocycles. The summed E-state index contributed by atoms with van der Waals surface area (Å²) in [4.78, 5) is 35.6. The maximum atomic E-state index is 12.1. The zero-order valence-corrected chi connectivity index (χ0v) is 15.2. The van der Waals surface area contributed by atoms with Gasteiger partial charge in [0, 0.05) is 11.4 Å². The molecule has 0 bridgehead atoms. The van der Waals surface area contributed by atoms with Crippen LogP contribution in [0.5, 0.6) is 0 Å². The second kappa shape index (κ2) is 8.98. The van der Waals surface area contributed by atoms with E-state index in [1.165, 1.54) is 6.92 Å². The van der Waals surface area contributed by atoms with Crippen LogP contribution in [0.3, 0.4) is 0 Å². The van der Waals surface area contributed by atoms with E-state index in [0.717, 1.165) is 5.56 Å². The molecule has 1 atom stereocenters. The van der Waals surface area contributed by atoms with E-state index < -0.39 is 17.9 Å². The fourth-order valence-corrected chi connectivity index (χ4v) is 2.72. The SMILES string of the molecule is CC(=O)N[C@H](CC(=O)NNC(=O)c1ccccc1Br)c1ccccc1. The number of hydrogen-bond donors (Lipinski definition) is 3. The molecule has 7 heteroatoms. The molecular formula is C18H18BrN3O3. The Bertz CT molecular complexity index is 765. The lowest BCUT2D eigenvalue weighted by molar-refractivity contribution is -0.123. The highest BCUT2D eigenvalue weighted by Gasteiger charge is 2.18. The summed E-state index contributed by atoms with van der Waals surface area (Å²) in [5.41, 5.74) is 5.96. The molecule has 0 spiro atoms. The van der Waals surface area contributed by atoms with Crippen molar-refractivity contribution in [3.63, 3.8) is 0 Å². The highest BCUT2D eigenvalue weighted by atomic mass is 79.9. The predicted molar refractivity (Wildman–Crippen MR) is 97.4 cm³/mol. The van der Waals surface area contributed by atoms with Gasteiger partial charge >= 0.3 is 0 Å². The van der Waals surface area contributed by atoms with Gasteiger partial charge in [-0.15, -0.1) is 0 Å². The molecule has 3 N–H and O–H groups in total. The number of carbonyl (C=O) groups excluding carboxylic acids is 3. The monoisotopic (exact) mass is 403 g/mol. The molecule has 2 aromatic rings. The Labute approximate surface area is 154 Å². The quantitative estimate of drug-likeness (QED) is 0.670. The molecule has 0 saturated heterocycles. The molecule has 0 aliphatic carbocycles. The topological polar surface area (TPSA) is 87.3 Å². The zero-order chi connectivity index (χ0) is 18.2. The average molecular weight is 404 g/mol. The number of halogens is 1. The van der Waals surface area contributed by atoms with Crippen LogP contribution in [0, 0.1) is 0 Å². The third-order valence-corrected chi connectivity index (χ3v) is 4.09. The summed E-state index contributed by atoms with van der Waals surface area (Å²) in [5.74, 6) is -1.08. The number of hydrogen-bond acceptors (Lipinski definition) is 3. The Balaban J connectivity index is 1.96. The molecule has 0 aliphatic rings. The van der Waals surface area contributed by atoms with Crippen molar-refractivity contribution < 1.29 is 14.4 Å². The van der Waals surface area contributed by atoms with Crippen molar-refractivity contribution in [2.24, 2.45) is 0 Å². The molecule has 0 unspecified atom stereocenters. The second-order valence-corrected chi connectivity index (χ2v) is 6.20. The maximum absolute atomic E-state index is 12.1. The van der Waals surface area contributed by atoms with Gasteiger partial charge in [-0.2, -0.15) is 0 Å². The van der Waals surface area contributed by atoms with Gasteiger partial charge in [-0.05, 0) is 33.6 Å². The molecule has 0 saturated carbocycles. The molecule has 2 aromatic carbocycles. The minimum Gasteiger partial charge on any atom is -0.349 e. The van der Waals surface area contributed by atoms with Crippen molar-refractivity contribution in [2.75, 3.05) is 0 Å². The van der Waals surface area contributed by atoms with E-state index in [0.29, 0.717) is 10.0 Å². The average Bonchev–Trinajstić information content (AvgIpc) is 2.60. The summed E-state index contributed by atoms with van der Waals surface area (Å²) < 4.78 is 0.627. The lowest BCUT2D eigenvalue weighted by atomic mass is 10.0. The first-order valence-electron chi connectivity index (χ1n) is 7.63. The molecular weight excluding hydrogens is 386 g/mol. The van der Waals surface area contributed by atoms with Crippen LogP contribution in [0.4, 0.5) is 0 Å². The molecule has 25 heavy (non-hydrogen) atoms. The van der Waals surface area contributed by atoms with E-state index in [1.54, 1.807) is 24.3 Å². The van der Waals surface area contributed by atoms with Gasteiger partial charge in [0.05, 0.1) is 18.0 Å². The number of hydrazine groups is 1. The summed E-state index contributed by atoms with van der Waals surface area (Å²) >= 11 is 3.28. The molecule has 0 aromatic heterocycles. The van der Waals surface area contributed by atoms with Gasteiger partial charge in [-0.3, -0.25) is 25.2 Å². The van der Waals surface area contributed by atoms with E-state index in [1.807, 2.05) is 30.3 Å². The van der Waals surface area contributed by atoms with Gasteiger partial charge in [-0.25, -0.2) is 0 Å². The number of rotatable bonds is 5. The van der Waals surface area contributed by atoms with Crippen LogP contribution in [-0.2, 0) is 9.59 Å². The van der Waals surface area contributed by atoms with E-state index in [-0.39, 0.29) is 12.3 Å². The van der Waals surface area contributed by atoms with Crippen molar-refractivity contribution in [3.8, 4) is 0 Å². The minimum atomic E-state index is -0.473. The molecule has 2 rings (SSSR count). The van der Waals surface area contributed by atoms with Gasteiger partial charge < -0.3 is 5.32 Å². The first-order chi connectivity index (χ1) is 12.0. The Morgan fingerprint density at radius 2 is 1.60 bits per heavy atom. The number of carbonyl (C=O) groups is 3. The zero-order valence-electron chi connectivity index (χ0n) is 13.6. The highest BCUT2D eigenvalue weighted by molar-refractivity contribution is 9.10. The van der Waals surface area contributed by atoms with Crippen molar-refractivity contribution >= 4 is 33.7 Å². The van der Waals surface area contributed by atoms with Crippen LogP contribution >= 0.6 is 15.9 Å². The van der Waals surface area contributed by atoms with Crippen LogP contribution in [0.2, 0.25) is 0 Å². The van der Waals surface area contributed by atoms with Crippen molar-refractivity contribution in [2.45, 2.75) is 19.4 Å². The Kier molecular flexibility index (Phi) is 6.71. The third-order valence-electron chi connectivity index (χ3n) is 3.40. The number of benzene rings is 2. The van der Waals surface area contributed by atoms with Gasteiger partial charge in [-0.1, -0.05) is 42.5 Å². The lowest BCUT2D eigenvalue weighted by Crippen LogP contribution is -2.43. The third kappa shape index (κ3) is 5.72. The number of nitrogens with one attached hydrogen (secondary N) is 3. The van der Waals surface area contributed by atoms with Gasteiger partial charge in [0.2, 0.25) is 11.8 Å².